The van der Waals surface area contributed by atoms with Crippen LogP contribution in [0.5, 0.6) is 5.75 Å². The smallest absolute Gasteiger partial charge is 0.347 e. The number of carbonyl (C=O) groups excluding carboxylic acids is 2. The van der Waals surface area contributed by atoms with Gasteiger partial charge in [0.05, 0.1) is 25.9 Å². The van der Waals surface area contributed by atoms with Crippen molar-refractivity contribution in [2.75, 3.05) is 25.6 Å². The molecule has 12 heteroatoms. The molecule has 31 heavy (non-hydrogen) atoms. The summed E-state index contributed by atoms with van der Waals surface area (Å²) < 4.78 is 15.2. The van der Waals surface area contributed by atoms with E-state index in [9.17, 15) is 14.4 Å². The predicted octanol–water partition coefficient (Wildman–Crippen LogP) is 1.14. The normalized spacial score (nSPS) is 10.4. The third kappa shape index (κ3) is 4.69. The molecule has 0 amide bonds. The monoisotopic (exact) mass is 428 g/mol. The van der Waals surface area contributed by atoms with Gasteiger partial charge < -0.3 is 24.5 Å². The van der Waals surface area contributed by atoms with E-state index in [1.807, 2.05) is 0 Å². The topological polar surface area (TPSA) is 161 Å². The van der Waals surface area contributed by atoms with Gasteiger partial charge in [-0.1, -0.05) is 0 Å². The van der Waals surface area contributed by atoms with E-state index < -0.39 is 17.5 Å². The molecule has 0 saturated carbocycles. The molecule has 0 aliphatic heterocycles. The zero-order chi connectivity index (χ0) is 22.4. The molecule has 0 unspecified atom stereocenters. The van der Waals surface area contributed by atoms with Crippen LogP contribution >= 0.6 is 0 Å². The van der Waals surface area contributed by atoms with Crippen molar-refractivity contribution in [2.45, 2.75) is 13.8 Å². The largest absolute Gasteiger partial charge is 0.496 e. The number of carbonyl (C=O) groups is 2. The number of fused-ring (bicyclic) bond motifs is 1. The minimum atomic E-state index is -0.815. The van der Waals surface area contributed by atoms with Gasteiger partial charge in [0.2, 0.25) is 5.65 Å². The molecule has 0 bridgehead atoms. The lowest BCUT2D eigenvalue weighted by Gasteiger charge is -2.11. The number of esters is 2. The van der Waals surface area contributed by atoms with Gasteiger partial charge in [-0.15, -0.1) is 10.2 Å². The third-order valence-corrected chi connectivity index (χ3v) is 4.02. The predicted molar refractivity (Wildman–Crippen MR) is 109 cm³/mol. The fourth-order valence-corrected chi connectivity index (χ4v) is 2.64. The summed E-state index contributed by atoms with van der Waals surface area (Å²) in [6.45, 7) is 3.46. The number of methoxy groups -OCH3 is 1. The van der Waals surface area contributed by atoms with Crippen molar-refractivity contribution in [2.24, 2.45) is 0 Å². The van der Waals surface area contributed by atoms with Crippen LogP contribution in [-0.4, -0.2) is 57.6 Å². The summed E-state index contributed by atoms with van der Waals surface area (Å²) in [5, 5.41) is 12.8. The summed E-state index contributed by atoms with van der Waals surface area (Å²) in [5.74, 6) is -1.00. The second kappa shape index (κ2) is 9.52. The van der Waals surface area contributed by atoms with Gasteiger partial charge in [0.15, 0.2) is 11.1 Å². The number of H-pyrrole nitrogens is 2. The summed E-state index contributed by atoms with van der Waals surface area (Å²) in [6.07, 6.45) is 1.19. The first-order valence-electron chi connectivity index (χ1n) is 9.28. The van der Waals surface area contributed by atoms with E-state index in [0.717, 1.165) is 0 Å². The first kappa shape index (κ1) is 21.5. The Kier molecular flexibility index (Phi) is 6.60. The number of nitrogens with zero attached hydrogens (tertiary/aromatic N) is 3. The molecule has 3 rings (SSSR count). The van der Waals surface area contributed by atoms with Gasteiger partial charge in [0, 0.05) is 11.9 Å². The van der Waals surface area contributed by atoms with Crippen LogP contribution in [0.15, 0.2) is 34.8 Å². The standard InChI is InChI=1S/C19H20N6O6/c1-4-30-18(27)12(19(28)31-5-2)9-20-10-6-7-13(29-3)11(8-10)15-21-16-14(17(26)22-15)23-25-24-16/h6-9,20H,4-5H2,1-3H3,(H2,21,22,23,24,25,26). The Labute approximate surface area is 175 Å². The van der Waals surface area contributed by atoms with Crippen LogP contribution in [0.4, 0.5) is 5.69 Å². The fourth-order valence-electron chi connectivity index (χ4n) is 2.64. The minimum absolute atomic E-state index is 0.0773. The highest BCUT2D eigenvalue weighted by Gasteiger charge is 2.21. The van der Waals surface area contributed by atoms with Crippen molar-refractivity contribution in [1.29, 1.82) is 0 Å². The van der Waals surface area contributed by atoms with Crippen molar-refractivity contribution < 1.29 is 23.8 Å². The van der Waals surface area contributed by atoms with Gasteiger partial charge in [-0.3, -0.25) is 4.79 Å². The molecular formula is C19H20N6O6. The zero-order valence-electron chi connectivity index (χ0n) is 17.0. The van der Waals surface area contributed by atoms with E-state index in [-0.39, 0.29) is 35.8 Å². The second-order valence-corrected chi connectivity index (χ2v) is 5.97. The Morgan fingerprint density at radius 3 is 2.48 bits per heavy atom. The van der Waals surface area contributed by atoms with Crippen LogP contribution < -0.4 is 15.6 Å². The van der Waals surface area contributed by atoms with Crippen molar-refractivity contribution in [3.8, 4) is 17.1 Å². The number of rotatable bonds is 8. The zero-order valence-corrected chi connectivity index (χ0v) is 17.0. The van der Waals surface area contributed by atoms with Crippen molar-refractivity contribution in [1.82, 2.24) is 25.4 Å². The van der Waals surface area contributed by atoms with Crippen LogP contribution in [0, 0.1) is 0 Å². The first-order valence-corrected chi connectivity index (χ1v) is 9.28. The quantitative estimate of drug-likeness (QED) is 0.205. The number of nitrogens with one attached hydrogen (secondary N) is 3. The van der Waals surface area contributed by atoms with E-state index in [4.69, 9.17) is 14.2 Å². The highest BCUT2D eigenvalue weighted by atomic mass is 16.6. The van der Waals surface area contributed by atoms with E-state index in [1.54, 1.807) is 32.0 Å². The number of aromatic nitrogens is 5. The molecule has 0 radical (unpaired) electrons. The van der Waals surface area contributed by atoms with Gasteiger partial charge in [0.1, 0.15) is 11.6 Å². The molecule has 0 aliphatic carbocycles. The molecular weight excluding hydrogens is 408 g/mol. The Bertz CT molecular complexity index is 1180. The van der Waals surface area contributed by atoms with Gasteiger partial charge in [-0.05, 0) is 32.0 Å². The summed E-state index contributed by atoms with van der Waals surface area (Å²) in [7, 11) is 1.47. The lowest BCUT2D eigenvalue weighted by Crippen LogP contribution is -2.19. The van der Waals surface area contributed by atoms with Crippen molar-refractivity contribution >= 4 is 28.8 Å². The van der Waals surface area contributed by atoms with Crippen molar-refractivity contribution in [3.05, 3.63) is 40.3 Å². The second-order valence-electron chi connectivity index (χ2n) is 5.97. The first-order chi connectivity index (χ1) is 15.0. The number of aromatic amines is 2. The SMILES string of the molecule is CCOC(=O)C(=CNc1ccc(OC)c(-c2nc3n[nH]nc3c(=O)[nH]2)c1)C(=O)OCC. The van der Waals surface area contributed by atoms with Gasteiger partial charge in [-0.2, -0.15) is 5.21 Å². The lowest BCUT2D eigenvalue weighted by molar-refractivity contribution is -0.146. The average Bonchev–Trinajstić information content (AvgIpc) is 3.23. The molecule has 0 aliphatic rings. The maximum atomic E-state index is 12.2. The molecule has 2 heterocycles. The number of hydrogen-bond acceptors (Lipinski definition) is 10. The number of hydrogen-bond donors (Lipinski definition) is 3. The molecule has 0 spiro atoms. The maximum absolute atomic E-state index is 12.2. The highest BCUT2D eigenvalue weighted by Crippen LogP contribution is 2.30. The van der Waals surface area contributed by atoms with E-state index >= 15 is 0 Å². The summed E-state index contributed by atoms with van der Waals surface area (Å²) in [4.78, 5) is 43.3. The summed E-state index contributed by atoms with van der Waals surface area (Å²) in [5.41, 5.74) is 0.374. The molecule has 0 atom stereocenters. The molecule has 0 saturated heterocycles. The van der Waals surface area contributed by atoms with Crippen LogP contribution in [0.3, 0.4) is 0 Å². The number of anilines is 1. The molecule has 12 nitrogen and oxygen atoms in total. The van der Waals surface area contributed by atoms with E-state index in [2.05, 4.69) is 30.7 Å². The Morgan fingerprint density at radius 2 is 1.84 bits per heavy atom. The van der Waals surface area contributed by atoms with Crippen LogP contribution in [-0.2, 0) is 19.1 Å². The molecule has 3 N–H and O–H groups in total. The summed E-state index contributed by atoms with van der Waals surface area (Å²) >= 11 is 0. The van der Waals surface area contributed by atoms with Gasteiger partial charge >= 0.3 is 11.9 Å². The highest BCUT2D eigenvalue weighted by molar-refractivity contribution is 6.14. The minimum Gasteiger partial charge on any atom is -0.496 e. The van der Waals surface area contributed by atoms with Gasteiger partial charge in [-0.25, -0.2) is 14.6 Å². The fraction of sp³-hybridized carbons (Fsp3) is 0.263. The van der Waals surface area contributed by atoms with Crippen molar-refractivity contribution in [3.63, 3.8) is 0 Å². The molecule has 1 aromatic carbocycles. The molecule has 162 valence electrons. The Balaban J connectivity index is 1.98. The van der Waals surface area contributed by atoms with Crippen LogP contribution in [0.1, 0.15) is 13.8 Å². The molecule has 2 aromatic heterocycles. The lowest BCUT2D eigenvalue weighted by atomic mass is 10.1. The van der Waals surface area contributed by atoms with E-state index in [1.165, 1.54) is 13.3 Å². The molecule has 0 fully saturated rings. The third-order valence-electron chi connectivity index (χ3n) is 4.02. The Hall–Kier alpha value is -4.22. The maximum Gasteiger partial charge on any atom is 0.347 e. The number of benzene rings is 1. The van der Waals surface area contributed by atoms with Crippen LogP contribution in [0.2, 0.25) is 0 Å². The van der Waals surface area contributed by atoms with E-state index in [0.29, 0.717) is 17.0 Å². The average molecular weight is 428 g/mol. The van der Waals surface area contributed by atoms with Gasteiger partial charge in [0.25, 0.3) is 5.56 Å². The number of ether oxygens (including phenoxy) is 3. The Morgan fingerprint density at radius 1 is 1.13 bits per heavy atom. The molecule has 3 aromatic rings. The summed E-state index contributed by atoms with van der Waals surface area (Å²) in [6, 6.07) is 4.90. The van der Waals surface area contributed by atoms with Crippen LogP contribution in [0.25, 0.3) is 22.6 Å².